The normalized spacial score (nSPS) is 14.7. The van der Waals surface area contributed by atoms with Gasteiger partial charge in [-0.1, -0.05) is 13.8 Å². The topological polar surface area (TPSA) is 66.1 Å². The molecule has 2 heterocycles. The van der Waals surface area contributed by atoms with E-state index in [-0.39, 0.29) is 35.0 Å². The summed E-state index contributed by atoms with van der Waals surface area (Å²) in [4.78, 5) is -0.000916. The molecular weight excluding hydrogens is 312 g/mol. The number of H-pyrrole nitrogens is 1. The zero-order valence-electron chi connectivity index (χ0n) is 12.1. The minimum Gasteiger partial charge on any atom is -0.281 e. The third-order valence-electron chi connectivity index (χ3n) is 3.77. The Kier molecular flexibility index (Phi) is 3.43. The number of aromatic amines is 1. The monoisotopic (exact) mass is 327 g/mol. The maximum Gasteiger partial charge on any atom is 0.267 e. The Morgan fingerprint density at radius 2 is 1.95 bits per heavy atom. The van der Waals surface area contributed by atoms with Crippen molar-refractivity contribution in [3.63, 3.8) is 0 Å². The molecule has 1 aromatic heterocycles. The predicted octanol–water partition coefficient (Wildman–Crippen LogP) is 2.56. The molecular formula is C14H15F2N3O2S. The molecule has 8 heteroatoms. The van der Waals surface area contributed by atoms with Crippen LogP contribution in [0.15, 0.2) is 23.2 Å². The summed E-state index contributed by atoms with van der Waals surface area (Å²) in [5.41, 5.74) is 0.347. The van der Waals surface area contributed by atoms with Gasteiger partial charge in [-0.3, -0.25) is 9.40 Å². The number of rotatable bonds is 3. The predicted molar refractivity (Wildman–Crippen MR) is 77.3 cm³/mol. The van der Waals surface area contributed by atoms with Gasteiger partial charge in [0, 0.05) is 12.1 Å². The zero-order chi connectivity index (χ0) is 16.1. The van der Waals surface area contributed by atoms with Crippen LogP contribution in [0.1, 0.15) is 31.0 Å². The number of hydrogen-bond acceptors (Lipinski definition) is 3. The van der Waals surface area contributed by atoms with E-state index in [2.05, 4.69) is 10.2 Å². The Bertz CT molecular complexity index is 831. The highest BCUT2D eigenvalue weighted by Gasteiger charge is 2.37. The molecule has 3 rings (SSSR count). The maximum atomic E-state index is 14.1. The van der Waals surface area contributed by atoms with Crippen molar-refractivity contribution < 1.29 is 17.2 Å². The van der Waals surface area contributed by atoms with E-state index in [0.717, 1.165) is 16.4 Å². The molecule has 1 aliphatic heterocycles. The van der Waals surface area contributed by atoms with E-state index in [9.17, 15) is 17.2 Å². The molecule has 0 fully saturated rings. The molecule has 22 heavy (non-hydrogen) atoms. The lowest BCUT2D eigenvalue weighted by Crippen LogP contribution is -2.30. The second-order valence-corrected chi connectivity index (χ2v) is 7.32. The quantitative estimate of drug-likeness (QED) is 0.942. The molecule has 1 N–H and O–H groups in total. The van der Waals surface area contributed by atoms with Crippen LogP contribution in [0.3, 0.4) is 0 Å². The van der Waals surface area contributed by atoms with Crippen LogP contribution in [0.4, 0.5) is 14.5 Å². The van der Waals surface area contributed by atoms with Crippen LogP contribution in [-0.2, 0) is 16.4 Å². The minimum atomic E-state index is -3.99. The van der Waals surface area contributed by atoms with E-state index in [0.29, 0.717) is 5.69 Å². The van der Waals surface area contributed by atoms with Gasteiger partial charge in [-0.2, -0.15) is 5.10 Å². The van der Waals surface area contributed by atoms with Crippen molar-refractivity contribution in [1.29, 1.82) is 0 Å². The van der Waals surface area contributed by atoms with Gasteiger partial charge < -0.3 is 0 Å². The summed E-state index contributed by atoms with van der Waals surface area (Å²) in [5, 5.41) is 6.44. The van der Waals surface area contributed by atoms with Crippen molar-refractivity contribution >= 4 is 15.7 Å². The van der Waals surface area contributed by atoms with Crippen LogP contribution in [0.2, 0.25) is 0 Å². The molecule has 0 aliphatic carbocycles. The van der Waals surface area contributed by atoms with Crippen molar-refractivity contribution in [2.75, 3.05) is 10.8 Å². The van der Waals surface area contributed by atoms with E-state index in [4.69, 9.17) is 0 Å². The average Bonchev–Trinajstić information content (AvgIpc) is 3.09. The third-order valence-corrected chi connectivity index (χ3v) is 5.59. The Balaban J connectivity index is 2.15. The van der Waals surface area contributed by atoms with Crippen LogP contribution in [0.5, 0.6) is 0 Å². The third kappa shape index (κ3) is 2.09. The Morgan fingerprint density at radius 1 is 1.27 bits per heavy atom. The molecule has 5 nitrogen and oxygen atoms in total. The number of halogens is 2. The summed E-state index contributed by atoms with van der Waals surface area (Å²) < 4.78 is 54.4. The second-order valence-electron chi connectivity index (χ2n) is 5.49. The van der Waals surface area contributed by atoms with Crippen LogP contribution < -0.4 is 4.31 Å². The SMILES string of the molecule is CC(C)c1[nH]ncc1S(=O)(=O)N1CCc2c(F)ccc(F)c21. The molecule has 0 saturated carbocycles. The minimum absolute atomic E-state index is 0.000916. The average molecular weight is 327 g/mol. The smallest absolute Gasteiger partial charge is 0.267 e. The summed E-state index contributed by atoms with van der Waals surface area (Å²) in [5.74, 6) is -1.43. The molecule has 0 radical (unpaired) electrons. The zero-order valence-corrected chi connectivity index (χ0v) is 12.9. The highest BCUT2D eigenvalue weighted by molar-refractivity contribution is 7.92. The molecule has 1 aromatic carbocycles. The Morgan fingerprint density at radius 3 is 2.64 bits per heavy atom. The Hall–Kier alpha value is -1.96. The standard InChI is InChI=1S/C14H15F2N3O2S/c1-8(2)13-12(7-17-18-13)22(20,21)19-6-5-9-10(15)3-4-11(16)14(9)19/h3-4,7-8H,5-6H2,1-2H3,(H,17,18). The molecule has 0 unspecified atom stereocenters. The first-order valence-electron chi connectivity index (χ1n) is 6.87. The van der Waals surface area contributed by atoms with Crippen molar-refractivity contribution in [3.8, 4) is 0 Å². The van der Waals surface area contributed by atoms with E-state index in [1.54, 1.807) is 0 Å². The van der Waals surface area contributed by atoms with Crippen molar-refractivity contribution in [2.24, 2.45) is 0 Å². The maximum absolute atomic E-state index is 14.1. The first kappa shape index (κ1) is 15.0. The lowest BCUT2D eigenvalue weighted by Gasteiger charge is -2.20. The van der Waals surface area contributed by atoms with Crippen molar-refractivity contribution in [3.05, 3.63) is 41.2 Å². The molecule has 0 bridgehead atoms. The highest BCUT2D eigenvalue weighted by Crippen LogP contribution is 2.37. The molecule has 0 amide bonds. The van der Waals surface area contributed by atoms with Gasteiger partial charge in [0.2, 0.25) is 0 Å². The number of nitrogens with zero attached hydrogens (tertiary/aromatic N) is 2. The lowest BCUT2D eigenvalue weighted by atomic mass is 10.1. The van der Waals surface area contributed by atoms with Gasteiger partial charge in [0.25, 0.3) is 10.0 Å². The number of sulfonamides is 1. The van der Waals surface area contributed by atoms with Gasteiger partial charge >= 0.3 is 0 Å². The second kappa shape index (κ2) is 5.05. The van der Waals surface area contributed by atoms with Gasteiger partial charge in [-0.05, 0) is 24.5 Å². The summed E-state index contributed by atoms with van der Waals surface area (Å²) in [6.07, 6.45) is 1.35. The van der Waals surface area contributed by atoms with E-state index < -0.39 is 21.7 Å². The van der Waals surface area contributed by atoms with Crippen molar-refractivity contribution in [2.45, 2.75) is 31.1 Å². The molecule has 0 atom stereocenters. The van der Waals surface area contributed by atoms with Gasteiger partial charge in [-0.15, -0.1) is 0 Å². The van der Waals surface area contributed by atoms with Gasteiger partial charge in [0.05, 0.1) is 17.6 Å². The molecule has 118 valence electrons. The fraction of sp³-hybridized carbons (Fsp3) is 0.357. The van der Waals surface area contributed by atoms with Crippen molar-refractivity contribution in [1.82, 2.24) is 10.2 Å². The van der Waals surface area contributed by atoms with E-state index >= 15 is 0 Å². The Labute approximate surface area is 127 Å². The van der Waals surface area contributed by atoms with Crippen LogP contribution in [0, 0.1) is 11.6 Å². The molecule has 0 spiro atoms. The van der Waals surface area contributed by atoms with E-state index in [1.807, 2.05) is 13.8 Å². The number of fused-ring (bicyclic) bond motifs is 1. The summed E-state index contributed by atoms with van der Waals surface area (Å²) in [6, 6.07) is 1.96. The van der Waals surface area contributed by atoms with Crippen LogP contribution in [-0.4, -0.2) is 25.2 Å². The van der Waals surface area contributed by atoms with Gasteiger partial charge in [-0.25, -0.2) is 17.2 Å². The summed E-state index contributed by atoms with van der Waals surface area (Å²) in [6.45, 7) is 3.66. The number of hydrogen-bond donors (Lipinski definition) is 1. The first-order chi connectivity index (χ1) is 10.3. The summed E-state index contributed by atoms with van der Waals surface area (Å²) >= 11 is 0. The summed E-state index contributed by atoms with van der Waals surface area (Å²) in [7, 11) is -3.99. The van der Waals surface area contributed by atoms with Gasteiger partial charge in [0.1, 0.15) is 16.5 Å². The van der Waals surface area contributed by atoms with Gasteiger partial charge in [0.15, 0.2) is 0 Å². The molecule has 2 aromatic rings. The van der Waals surface area contributed by atoms with Crippen LogP contribution in [0.25, 0.3) is 0 Å². The molecule has 1 aliphatic rings. The number of aromatic nitrogens is 2. The molecule has 0 saturated heterocycles. The lowest BCUT2D eigenvalue weighted by molar-refractivity contribution is 0.584. The largest absolute Gasteiger partial charge is 0.281 e. The number of nitrogens with one attached hydrogen (secondary N) is 1. The van der Waals surface area contributed by atoms with E-state index in [1.165, 1.54) is 6.20 Å². The van der Waals surface area contributed by atoms with Crippen LogP contribution >= 0.6 is 0 Å². The number of benzene rings is 1. The number of anilines is 1. The fourth-order valence-corrected chi connectivity index (χ4v) is 4.43. The highest BCUT2D eigenvalue weighted by atomic mass is 32.2. The first-order valence-corrected chi connectivity index (χ1v) is 8.31. The fourth-order valence-electron chi connectivity index (χ4n) is 2.68.